The van der Waals surface area contributed by atoms with Gasteiger partial charge in [-0.05, 0) is 41.0 Å². The molecule has 158 valence electrons. The number of rotatable bonds is 4. The van der Waals surface area contributed by atoms with Gasteiger partial charge in [0.25, 0.3) is 0 Å². The summed E-state index contributed by atoms with van der Waals surface area (Å²) < 4.78 is 13.4. The van der Waals surface area contributed by atoms with Crippen molar-refractivity contribution in [2.24, 2.45) is 0 Å². The zero-order chi connectivity index (χ0) is 21.7. The van der Waals surface area contributed by atoms with Crippen molar-refractivity contribution in [1.82, 2.24) is 0 Å². The summed E-state index contributed by atoms with van der Waals surface area (Å²) in [5.74, 6) is 1.98. The minimum Gasteiger partial charge on any atom is -0.497 e. The first-order valence-corrected chi connectivity index (χ1v) is 11.1. The van der Waals surface area contributed by atoms with Crippen LogP contribution in [0.15, 0.2) is 97.2 Å². The summed E-state index contributed by atoms with van der Waals surface area (Å²) in [5.41, 5.74) is 6.71. The Bertz CT molecular complexity index is 1180. The lowest BCUT2D eigenvalue weighted by molar-refractivity contribution is -0.732. The zero-order valence-electron chi connectivity index (χ0n) is 18.4. The Balaban J connectivity index is 1.66. The van der Waals surface area contributed by atoms with Crippen LogP contribution in [0.25, 0.3) is 0 Å². The van der Waals surface area contributed by atoms with E-state index in [2.05, 4.69) is 102 Å². The summed E-state index contributed by atoms with van der Waals surface area (Å²) in [5, 5.41) is 0. The largest absolute Gasteiger partial charge is 0.497 e. The van der Waals surface area contributed by atoms with Crippen molar-refractivity contribution >= 4 is 0 Å². The zero-order valence-corrected chi connectivity index (χ0v) is 18.4. The molecule has 32 heavy (non-hydrogen) atoms. The highest BCUT2D eigenvalue weighted by atomic mass is 16.5. The predicted octanol–water partition coefficient (Wildman–Crippen LogP) is 5.42. The molecular weight excluding hydrogens is 394 g/mol. The summed E-state index contributed by atoms with van der Waals surface area (Å²) in [6.45, 7) is 0. The van der Waals surface area contributed by atoms with Gasteiger partial charge in [0.2, 0.25) is 0 Å². The predicted molar refractivity (Wildman–Crippen MR) is 124 cm³/mol. The molecule has 3 aromatic carbocycles. The fourth-order valence-electron chi connectivity index (χ4n) is 6.05. The average molecular weight is 421 g/mol. The molecule has 3 heterocycles. The van der Waals surface area contributed by atoms with Gasteiger partial charge in [-0.25, -0.2) is 0 Å². The summed E-state index contributed by atoms with van der Waals surface area (Å²) in [6.07, 6.45) is 3.25. The van der Waals surface area contributed by atoms with Crippen LogP contribution in [0, 0.1) is 0 Å². The molecule has 3 heteroatoms. The molecule has 2 atom stereocenters. The molecule has 7 rings (SSSR count). The van der Waals surface area contributed by atoms with E-state index < -0.39 is 0 Å². The van der Waals surface area contributed by atoms with Crippen LogP contribution in [0.5, 0.6) is 11.5 Å². The highest BCUT2D eigenvalue weighted by Gasteiger charge is 2.59. The Kier molecular flexibility index (Phi) is 4.32. The number of benzene rings is 3. The molecule has 0 radical (unpaired) electrons. The fraction of sp³-hybridized carbons (Fsp3) is 0.207. The molecule has 1 aliphatic carbocycles. The molecule has 4 aromatic rings. The first kappa shape index (κ1) is 19.1. The van der Waals surface area contributed by atoms with E-state index in [0.29, 0.717) is 0 Å². The van der Waals surface area contributed by atoms with E-state index in [-0.39, 0.29) is 17.4 Å². The van der Waals surface area contributed by atoms with Crippen molar-refractivity contribution in [3.8, 4) is 11.5 Å². The van der Waals surface area contributed by atoms with Crippen molar-refractivity contribution < 1.29 is 14.0 Å². The molecule has 0 fully saturated rings. The van der Waals surface area contributed by atoms with E-state index in [0.717, 1.165) is 17.9 Å². The number of aromatic nitrogens is 1. The first-order chi connectivity index (χ1) is 15.8. The third kappa shape index (κ3) is 2.57. The number of fused-ring (bicyclic) bond motifs is 1. The fourth-order valence-corrected chi connectivity index (χ4v) is 6.05. The molecular formula is C29H26NO2+. The van der Waals surface area contributed by atoms with Gasteiger partial charge in [-0.2, -0.15) is 4.57 Å². The van der Waals surface area contributed by atoms with Gasteiger partial charge in [0.1, 0.15) is 11.5 Å². The summed E-state index contributed by atoms with van der Waals surface area (Å²) >= 11 is 0. The number of hydrogen-bond acceptors (Lipinski definition) is 2. The van der Waals surface area contributed by atoms with Gasteiger partial charge in [-0.15, -0.1) is 0 Å². The second kappa shape index (κ2) is 7.23. The summed E-state index contributed by atoms with van der Waals surface area (Å²) in [4.78, 5) is 0. The number of nitrogens with zero attached hydrogens (tertiary/aromatic N) is 1. The Labute approximate surface area is 188 Å². The van der Waals surface area contributed by atoms with E-state index in [1.807, 2.05) is 0 Å². The van der Waals surface area contributed by atoms with Crippen LogP contribution in [-0.4, -0.2) is 14.2 Å². The molecule has 3 aliphatic rings. The number of hydrogen-bond donors (Lipinski definition) is 0. The van der Waals surface area contributed by atoms with Crippen molar-refractivity contribution in [1.29, 1.82) is 0 Å². The molecule has 0 amide bonds. The van der Waals surface area contributed by atoms with Crippen LogP contribution in [0.1, 0.15) is 46.3 Å². The molecule has 1 aromatic heterocycles. The average Bonchev–Trinajstić information content (AvgIpc) is 2.88. The highest BCUT2D eigenvalue weighted by molar-refractivity contribution is 5.55. The van der Waals surface area contributed by atoms with Crippen LogP contribution in [-0.2, 0) is 5.41 Å². The van der Waals surface area contributed by atoms with Gasteiger partial charge >= 0.3 is 0 Å². The van der Waals surface area contributed by atoms with Crippen LogP contribution in [0.3, 0.4) is 0 Å². The molecule has 0 saturated carbocycles. The second-order valence-corrected chi connectivity index (χ2v) is 8.74. The normalized spacial score (nSPS) is 19.7. The maximum absolute atomic E-state index is 5.48. The third-order valence-corrected chi connectivity index (χ3v) is 7.44. The van der Waals surface area contributed by atoms with E-state index in [4.69, 9.17) is 9.47 Å². The molecule has 2 aliphatic heterocycles. The van der Waals surface area contributed by atoms with Crippen LogP contribution in [0.2, 0.25) is 0 Å². The SMILES string of the molecule is COc1ccc(C2(c3ccc(OC)cc3)C[C@@H]3c4ccccc4[C@H]2c2cccc[n+]23)cc1. The van der Waals surface area contributed by atoms with E-state index in [1.54, 1.807) is 14.2 Å². The van der Waals surface area contributed by atoms with Gasteiger partial charge in [0.15, 0.2) is 17.9 Å². The molecule has 0 N–H and O–H groups in total. The smallest absolute Gasteiger partial charge is 0.190 e. The molecule has 0 saturated heterocycles. The van der Waals surface area contributed by atoms with E-state index in [1.165, 1.54) is 27.9 Å². The van der Waals surface area contributed by atoms with Crippen molar-refractivity contribution in [2.45, 2.75) is 23.8 Å². The van der Waals surface area contributed by atoms with E-state index >= 15 is 0 Å². The number of pyridine rings is 1. The Morgan fingerprint density at radius 1 is 0.688 bits per heavy atom. The Hall–Kier alpha value is -3.59. The lowest BCUT2D eigenvalue weighted by atomic mass is 9.53. The van der Waals surface area contributed by atoms with Gasteiger partial charge in [0.05, 0.1) is 20.1 Å². The standard InChI is InChI=1S/C29H26NO2/c1-31-22-14-10-20(11-15-22)29(21-12-16-23(32-2)17-13-21)19-27-24-7-3-4-8-25(24)28(29)26-9-5-6-18-30(26)27/h3-18,27-28H,19H2,1-2H3/q+1/t27-,28+/m1/s1. The maximum Gasteiger partial charge on any atom is 0.190 e. The van der Waals surface area contributed by atoms with Crippen LogP contribution >= 0.6 is 0 Å². The van der Waals surface area contributed by atoms with Crippen molar-refractivity contribution in [2.75, 3.05) is 14.2 Å². The minimum absolute atomic E-state index is 0.182. The topological polar surface area (TPSA) is 22.3 Å². The maximum atomic E-state index is 5.48. The molecule has 0 spiro atoms. The van der Waals surface area contributed by atoms with Gasteiger partial charge < -0.3 is 9.47 Å². The first-order valence-electron chi connectivity index (χ1n) is 11.1. The van der Waals surface area contributed by atoms with Crippen molar-refractivity contribution in [3.05, 3.63) is 125 Å². The minimum atomic E-state index is -0.182. The lowest BCUT2D eigenvalue weighted by Crippen LogP contribution is -2.60. The van der Waals surface area contributed by atoms with Gasteiger partial charge in [-0.1, -0.05) is 54.6 Å². The van der Waals surface area contributed by atoms with Crippen molar-refractivity contribution in [3.63, 3.8) is 0 Å². The third-order valence-electron chi connectivity index (χ3n) is 7.44. The highest BCUT2D eigenvalue weighted by Crippen LogP contribution is 2.59. The Morgan fingerprint density at radius 2 is 1.25 bits per heavy atom. The molecule has 2 bridgehead atoms. The van der Waals surface area contributed by atoms with Gasteiger partial charge in [-0.3, -0.25) is 0 Å². The Morgan fingerprint density at radius 3 is 1.84 bits per heavy atom. The summed E-state index contributed by atoms with van der Waals surface area (Å²) in [6, 6.07) is 33.3. The molecule has 0 unspecified atom stereocenters. The molecule has 3 nitrogen and oxygen atoms in total. The van der Waals surface area contributed by atoms with Crippen LogP contribution < -0.4 is 14.0 Å². The van der Waals surface area contributed by atoms with Gasteiger partial charge in [0, 0.05) is 29.5 Å². The lowest BCUT2D eigenvalue weighted by Gasteiger charge is -2.50. The van der Waals surface area contributed by atoms with Crippen LogP contribution in [0.4, 0.5) is 0 Å². The number of methoxy groups -OCH3 is 2. The monoisotopic (exact) mass is 420 g/mol. The summed E-state index contributed by atoms with van der Waals surface area (Å²) in [7, 11) is 3.44. The number of ether oxygens (including phenoxy) is 2. The quantitative estimate of drug-likeness (QED) is 0.412. The second-order valence-electron chi connectivity index (χ2n) is 8.74. The van der Waals surface area contributed by atoms with E-state index in [9.17, 15) is 0 Å².